The van der Waals surface area contributed by atoms with Crippen LogP contribution in [0.4, 0.5) is 15.8 Å². The molecule has 6 heteroatoms. The van der Waals surface area contributed by atoms with E-state index in [1.54, 1.807) is 36.4 Å². The lowest BCUT2D eigenvalue weighted by Crippen LogP contribution is -2.56. The number of hydrogen-bond donors (Lipinski definition) is 0. The van der Waals surface area contributed by atoms with Crippen LogP contribution in [0.15, 0.2) is 72.8 Å². The predicted octanol–water partition coefficient (Wildman–Crippen LogP) is 5.72. The Kier molecular flexibility index (Phi) is 5.79. The first-order chi connectivity index (χ1) is 14.9. The summed E-state index contributed by atoms with van der Waals surface area (Å²) >= 11 is 6.02. The van der Waals surface area contributed by atoms with E-state index in [0.29, 0.717) is 22.2 Å². The van der Waals surface area contributed by atoms with E-state index < -0.39 is 11.9 Å². The molecule has 1 atom stereocenters. The Morgan fingerprint density at radius 1 is 0.935 bits per heavy atom. The maximum absolute atomic E-state index is 14.5. The average molecular weight is 437 g/mol. The minimum atomic E-state index is -0.914. The van der Waals surface area contributed by atoms with Crippen LogP contribution in [0.1, 0.15) is 36.9 Å². The van der Waals surface area contributed by atoms with Crippen LogP contribution in [0.5, 0.6) is 0 Å². The Labute approximate surface area is 185 Å². The van der Waals surface area contributed by atoms with E-state index in [0.717, 1.165) is 5.56 Å². The molecule has 1 unspecified atom stereocenters. The number of rotatable bonds is 4. The Balaban J connectivity index is 1.81. The van der Waals surface area contributed by atoms with E-state index in [2.05, 4.69) is 13.8 Å². The zero-order chi connectivity index (χ0) is 22.1. The minimum absolute atomic E-state index is 0.0976. The molecule has 1 aliphatic rings. The largest absolute Gasteiger partial charge is 0.298 e. The SMILES string of the molecule is CC(C)c1ccc(C2C(=O)N(c3ccccc3F)CC(=O)N2c2ccc(Cl)cc2)cc1. The summed E-state index contributed by atoms with van der Waals surface area (Å²) in [4.78, 5) is 29.6. The van der Waals surface area contributed by atoms with Crippen molar-refractivity contribution in [3.05, 3.63) is 94.8 Å². The number of carbonyl (C=O) groups excluding carboxylic acids is 2. The third kappa shape index (κ3) is 4.06. The summed E-state index contributed by atoms with van der Waals surface area (Å²) in [7, 11) is 0. The maximum Gasteiger partial charge on any atom is 0.255 e. The first-order valence-electron chi connectivity index (χ1n) is 10.1. The van der Waals surface area contributed by atoms with E-state index in [9.17, 15) is 14.0 Å². The molecule has 2 amide bonds. The van der Waals surface area contributed by atoms with Crippen molar-refractivity contribution in [1.82, 2.24) is 0 Å². The molecule has 3 aromatic carbocycles. The zero-order valence-corrected chi connectivity index (χ0v) is 18.0. The Bertz CT molecular complexity index is 1110. The molecule has 3 aromatic rings. The molecule has 0 aliphatic carbocycles. The van der Waals surface area contributed by atoms with Crippen molar-refractivity contribution in [2.45, 2.75) is 25.8 Å². The van der Waals surface area contributed by atoms with E-state index in [-0.39, 0.29) is 24.0 Å². The van der Waals surface area contributed by atoms with E-state index >= 15 is 0 Å². The predicted molar refractivity (Wildman–Crippen MR) is 121 cm³/mol. The number of para-hydroxylation sites is 1. The van der Waals surface area contributed by atoms with Gasteiger partial charge in [0.1, 0.15) is 18.4 Å². The number of carbonyl (C=O) groups is 2. The molecular weight excluding hydrogens is 415 g/mol. The number of hydrogen-bond acceptors (Lipinski definition) is 2. The molecule has 4 nitrogen and oxygen atoms in total. The van der Waals surface area contributed by atoms with Crippen LogP contribution >= 0.6 is 11.6 Å². The van der Waals surface area contributed by atoms with Gasteiger partial charge in [-0.1, -0.05) is 61.8 Å². The second-order valence-corrected chi connectivity index (χ2v) is 8.28. The first kappa shape index (κ1) is 21.1. The lowest BCUT2D eigenvalue weighted by molar-refractivity contribution is -0.128. The summed E-state index contributed by atoms with van der Waals surface area (Å²) in [5.41, 5.74) is 2.45. The van der Waals surface area contributed by atoms with Crippen molar-refractivity contribution in [3.63, 3.8) is 0 Å². The summed E-state index contributed by atoms with van der Waals surface area (Å²) in [5.74, 6) is -0.877. The van der Waals surface area contributed by atoms with Crippen LogP contribution in [0.25, 0.3) is 0 Å². The Hall–Kier alpha value is -3.18. The van der Waals surface area contributed by atoms with Gasteiger partial charge in [0.05, 0.1) is 5.69 Å². The van der Waals surface area contributed by atoms with Crippen LogP contribution in [0.3, 0.4) is 0 Å². The molecule has 0 bridgehead atoms. The number of amides is 2. The number of nitrogens with zero attached hydrogens (tertiary/aromatic N) is 2. The van der Waals surface area contributed by atoms with Crippen molar-refractivity contribution in [2.24, 2.45) is 0 Å². The standard InChI is InChI=1S/C25H22ClFN2O2/c1-16(2)17-7-9-18(10-8-17)24-25(31)28(22-6-4-3-5-21(22)27)15-23(30)29(24)20-13-11-19(26)12-14-20/h3-14,16,24H,15H2,1-2H3. The van der Waals surface area contributed by atoms with Gasteiger partial charge in [0.25, 0.3) is 5.91 Å². The third-order valence-corrected chi connectivity index (χ3v) is 5.74. The monoisotopic (exact) mass is 436 g/mol. The van der Waals surface area contributed by atoms with Gasteiger partial charge in [0.2, 0.25) is 5.91 Å². The Morgan fingerprint density at radius 2 is 1.58 bits per heavy atom. The number of piperazine rings is 1. The van der Waals surface area contributed by atoms with Gasteiger partial charge in [0, 0.05) is 10.7 Å². The average Bonchev–Trinajstić information content (AvgIpc) is 2.76. The van der Waals surface area contributed by atoms with Crippen molar-refractivity contribution < 1.29 is 14.0 Å². The van der Waals surface area contributed by atoms with Crippen molar-refractivity contribution in [3.8, 4) is 0 Å². The van der Waals surface area contributed by atoms with Gasteiger partial charge in [-0.05, 0) is 53.4 Å². The summed E-state index contributed by atoms with van der Waals surface area (Å²) in [6.45, 7) is 3.93. The molecule has 31 heavy (non-hydrogen) atoms. The van der Waals surface area contributed by atoms with Crippen LogP contribution in [-0.4, -0.2) is 18.4 Å². The Morgan fingerprint density at radius 3 is 2.19 bits per heavy atom. The lowest BCUT2D eigenvalue weighted by atomic mass is 9.95. The fourth-order valence-electron chi connectivity index (χ4n) is 3.82. The molecule has 0 saturated carbocycles. The van der Waals surface area contributed by atoms with Crippen LogP contribution in [0, 0.1) is 5.82 Å². The molecule has 0 aromatic heterocycles. The first-order valence-corrected chi connectivity index (χ1v) is 10.5. The van der Waals surface area contributed by atoms with Crippen LogP contribution < -0.4 is 9.80 Å². The third-order valence-electron chi connectivity index (χ3n) is 5.49. The fraction of sp³-hybridized carbons (Fsp3) is 0.200. The zero-order valence-electron chi connectivity index (χ0n) is 17.3. The maximum atomic E-state index is 14.5. The molecule has 158 valence electrons. The van der Waals surface area contributed by atoms with Gasteiger partial charge >= 0.3 is 0 Å². The molecule has 0 N–H and O–H groups in total. The normalized spacial score (nSPS) is 16.9. The van der Waals surface area contributed by atoms with Gasteiger partial charge in [-0.2, -0.15) is 0 Å². The highest BCUT2D eigenvalue weighted by molar-refractivity contribution is 6.30. The summed E-state index contributed by atoms with van der Waals surface area (Å²) in [5, 5.41) is 0.533. The van der Waals surface area contributed by atoms with E-state index in [1.165, 1.54) is 21.9 Å². The van der Waals surface area contributed by atoms with E-state index in [1.807, 2.05) is 24.3 Å². The van der Waals surface area contributed by atoms with Crippen molar-refractivity contribution >= 4 is 34.8 Å². The minimum Gasteiger partial charge on any atom is -0.298 e. The second-order valence-electron chi connectivity index (χ2n) is 7.84. The highest BCUT2D eigenvalue weighted by atomic mass is 35.5. The molecular formula is C25H22ClFN2O2. The quantitative estimate of drug-likeness (QED) is 0.524. The summed E-state index contributed by atoms with van der Waals surface area (Å²) in [6, 6.07) is 19.5. The molecule has 4 rings (SSSR count). The summed E-state index contributed by atoms with van der Waals surface area (Å²) < 4.78 is 14.5. The van der Waals surface area contributed by atoms with Gasteiger partial charge in [-0.25, -0.2) is 4.39 Å². The molecule has 0 spiro atoms. The van der Waals surface area contributed by atoms with Gasteiger partial charge in [-0.3, -0.25) is 19.4 Å². The molecule has 1 aliphatic heterocycles. The summed E-state index contributed by atoms with van der Waals surface area (Å²) in [6.07, 6.45) is 0. The van der Waals surface area contributed by atoms with Gasteiger partial charge < -0.3 is 0 Å². The number of benzene rings is 3. The number of halogens is 2. The van der Waals surface area contributed by atoms with Gasteiger partial charge in [-0.15, -0.1) is 0 Å². The van der Waals surface area contributed by atoms with Crippen LogP contribution in [0.2, 0.25) is 5.02 Å². The highest BCUT2D eigenvalue weighted by Gasteiger charge is 2.42. The lowest BCUT2D eigenvalue weighted by Gasteiger charge is -2.40. The number of anilines is 2. The fourth-order valence-corrected chi connectivity index (χ4v) is 3.94. The second kappa shape index (κ2) is 8.52. The van der Waals surface area contributed by atoms with E-state index in [4.69, 9.17) is 11.6 Å². The molecule has 0 radical (unpaired) electrons. The highest BCUT2D eigenvalue weighted by Crippen LogP contribution is 2.36. The molecule has 1 fully saturated rings. The molecule has 1 saturated heterocycles. The smallest absolute Gasteiger partial charge is 0.255 e. The topological polar surface area (TPSA) is 40.6 Å². The van der Waals surface area contributed by atoms with Crippen molar-refractivity contribution in [1.29, 1.82) is 0 Å². The molecule has 1 heterocycles. The van der Waals surface area contributed by atoms with Crippen LogP contribution in [-0.2, 0) is 9.59 Å². The van der Waals surface area contributed by atoms with Crippen molar-refractivity contribution in [2.75, 3.05) is 16.3 Å². The van der Waals surface area contributed by atoms with Gasteiger partial charge in [0.15, 0.2) is 0 Å².